The molecule has 0 saturated carbocycles. The Morgan fingerprint density at radius 2 is 1.46 bits per heavy atom. The summed E-state index contributed by atoms with van der Waals surface area (Å²) >= 11 is 0. The smallest absolute Gasteiger partial charge is 0.253 e. The SMILES string of the molecule is O=S(=O)(c1cccc(F)c1)N1CCN(c2c(F)c(F)nc(F)c2F)CC1. The van der Waals surface area contributed by atoms with Crippen molar-refractivity contribution in [2.24, 2.45) is 0 Å². The zero-order chi connectivity index (χ0) is 19.1. The predicted octanol–water partition coefficient (Wildman–Crippen LogP) is 2.29. The van der Waals surface area contributed by atoms with Crippen molar-refractivity contribution in [2.75, 3.05) is 31.1 Å². The fourth-order valence-electron chi connectivity index (χ4n) is 2.68. The van der Waals surface area contributed by atoms with Gasteiger partial charge in [-0.3, -0.25) is 0 Å². The van der Waals surface area contributed by atoms with Gasteiger partial charge in [-0.15, -0.1) is 0 Å². The number of halogens is 5. The monoisotopic (exact) mass is 393 g/mol. The van der Waals surface area contributed by atoms with Gasteiger partial charge in [-0.2, -0.15) is 26.9 Å². The minimum atomic E-state index is -4.01. The van der Waals surface area contributed by atoms with Crippen LogP contribution in [0, 0.1) is 29.3 Å². The fraction of sp³-hybridized carbons (Fsp3) is 0.267. The molecular formula is C15H12F5N3O2S. The number of pyridine rings is 1. The first-order chi connectivity index (χ1) is 12.2. The van der Waals surface area contributed by atoms with E-state index in [4.69, 9.17) is 0 Å². The summed E-state index contributed by atoms with van der Waals surface area (Å²) in [5.74, 6) is -7.59. The molecule has 26 heavy (non-hydrogen) atoms. The Bertz CT molecular complexity index is 920. The van der Waals surface area contributed by atoms with E-state index in [-0.39, 0.29) is 31.1 Å². The van der Waals surface area contributed by atoms with E-state index in [0.29, 0.717) is 0 Å². The van der Waals surface area contributed by atoms with Crippen LogP contribution < -0.4 is 4.90 Å². The molecule has 0 amide bonds. The van der Waals surface area contributed by atoms with Crippen LogP contribution in [0.3, 0.4) is 0 Å². The van der Waals surface area contributed by atoms with E-state index in [1.807, 2.05) is 0 Å². The third-order valence-corrected chi connectivity index (χ3v) is 5.86. The van der Waals surface area contributed by atoms with Crippen molar-refractivity contribution < 1.29 is 30.4 Å². The number of sulfonamides is 1. The number of aromatic nitrogens is 1. The molecule has 3 rings (SSSR count). The summed E-state index contributed by atoms with van der Waals surface area (Å²) in [7, 11) is -4.01. The van der Waals surface area contributed by atoms with Crippen molar-refractivity contribution in [3.8, 4) is 0 Å². The number of hydrogen-bond donors (Lipinski definition) is 0. The van der Waals surface area contributed by atoms with E-state index in [2.05, 4.69) is 4.98 Å². The molecule has 1 aromatic heterocycles. The number of benzene rings is 1. The number of anilines is 1. The largest absolute Gasteiger partial charge is 0.364 e. The van der Waals surface area contributed by atoms with E-state index in [1.165, 1.54) is 12.1 Å². The third kappa shape index (κ3) is 3.23. The molecule has 0 aliphatic carbocycles. The van der Waals surface area contributed by atoms with Crippen LogP contribution in [0.4, 0.5) is 27.6 Å². The van der Waals surface area contributed by atoms with Gasteiger partial charge in [0.2, 0.25) is 21.7 Å². The maximum atomic E-state index is 13.8. The van der Waals surface area contributed by atoms with Gasteiger partial charge < -0.3 is 4.90 Å². The Morgan fingerprint density at radius 1 is 0.885 bits per heavy atom. The van der Waals surface area contributed by atoms with Crippen LogP contribution in [0.25, 0.3) is 0 Å². The number of rotatable bonds is 3. The van der Waals surface area contributed by atoms with Gasteiger partial charge in [0.05, 0.1) is 4.90 Å². The van der Waals surface area contributed by atoms with E-state index < -0.39 is 45.1 Å². The highest BCUT2D eigenvalue weighted by Crippen LogP contribution is 2.28. The highest BCUT2D eigenvalue weighted by Gasteiger charge is 2.32. The van der Waals surface area contributed by atoms with Crippen LogP contribution >= 0.6 is 0 Å². The first-order valence-corrected chi connectivity index (χ1v) is 8.86. The average molecular weight is 393 g/mol. The molecule has 0 spiro atoms. The second-order valence-corrected chi connectivity index (χ2v) is 7.46. The molecule has 1 fully saturated rings. The summed E-state index contributed by atoms with van der Waals surface area (Å²) in [4.78, 5) is 3.21. The number of piperazine rings is 1. The molecule has 0 unspecified atom stereocenters. The first kappa shape index (κ1) is 18.5. The van der Waals surface area contributed by atoms with Crippen molar-refractivity contribution in [1.82, 2.24) is 9.29 Å². The maximum absolute atomic E-state index is 13.8. The summed E-state index contributed by atoms with van der Waals surface area (Å²) in [5, 5.41) is 0. The lowest BCUT2D eigenvalue weighted by atomic mass is 10.2. The average Bonchev–Trinajstić information content (AvgIpc) is 2.61. The quantitative estimate of drug-likeness (QED) is 0.593. The van der Waals surface area contributed by atoms with Crippen LogP contribution in [-0.2, 0) is 10.0 Å². The second-order valence-electron chi connectivity index (χ2n) is 5.52. The van der Waals surface area contributed by atoms with Crippen molar-refractivity contribution in [1.29, 1.82) is 0 Å². The van der Waals surface area contributed by atoms with Crippen LogP contribution in [0.1, 0.15) is 0 Å². The van der Waals surface area contributed by atoms with Gasteiger partial charge in [0.15, 0.2) is 0 Å². The lowest BCUT2D eigenvalue weighted by Crippen LogP contribution is -2.49. The summed E-state index contributed by atoms with van der Waals surface area (Å²) in [6.45, 7) is -0.844. The summed E-state index contributed by atoms with van der Waals surface area (Å²) in [6, 6.07) is 4.41. The summed E-state index contributed by atoms with van der Waals surface area (Å²) in [6.07, 6.45) is 0. The second kappa shape index (κ2) is 6.80. The maximum Gasteiger partial charge on any atom is 0.253 e. The van der Waals surface area contributed by atoms with E-state index in [9.17, 15) is 30.4 Å². The molecule has 11 heteroatoms. The first-order valence-electron chi connectivity index (χ1n) is 7.42. The van der Waals surface area contributed by atoms with Gasteiger partial charge in [0.25, 0.3) is 11.9 Å². The topological polar surface area (TPSA) is 53.5 Å². The molecule has 1 aliphatic heterocycles. The molecule has 1 aliphatic rings. The van der Waals surface area contributed by atoms with E-state index >= 15 is 0 Å². The molecule has 2 heterocycles. The van der Waals surface area contributed by atoms with E-state index in [1.54, 1.807) is 0 Å². The number of nitrogens with zero attached hydrogens (tertiary/aromatic N) is 3. The normalized spacial score (nSPS) is 16.1. The minimum Gasteiger partial charge on any atom is -0.364 e. The molecule has 2 aromatic rings. The van der Waals surface area contributed by atoms with Crippen LogP contribution in [0.5, 0.6) is 0 Å². The summed E-state index contributed by atoms with van der Waals surface area (Å²) in [5.41, 5.74) is -0.933. The minimum absolute atomic E-state index is 0.205. The zero-order valence-electron chi connectivity index (χ0n) is 13.1. The van der Waals surface area contributed by atoms with Gasteiger partial charge in [0.1, 0.15) is 11.5 Å². The van der Waals surface area contributed by atoms with Gasteiger partial charge in [0, 0.05) is 26.2 Å². The van der Waals surface area contributed by atoms with Crippen molar-refractivity contribution in [3.05, 3.63) is 53.6 Å². The van der Waals surface area contributed by atoms with Gasteiger partial charge in [-0.1, -0.05) is 6.07 Å². The molecule has 0 radical (unpaired) electrons. The Kier molecular flexibility index (Phi) is 4.84. The summed E-state index contributed by atoms with van der Waals surface area (Å²) < 4.78 is 93.3. The van der Waals surface area contributed by atoms with Crippen molar-refractivity contribution >= 4 is 15.7 Å². The van der Waals surface area contributed by atoms with E-state index in [0.717, 1.165) is 21.3 Å². The zero-order valence-corrected chi connectivity index (χ0v) is 13.9. The highest BCUT2D eigenvalue weighted by atomic mass is 32.2. The van der Waals surface area contributed by atoms with Gasteiger partial charge in [-0.25, -0.2) is 12.8 Å². The predicted molar refractivity (Wildman–Crippen MR) is 81.4 cm³/mol. The molecule has 1 saturated heterocycles. The molecule has 0 atom stereocenters. The highest BCUT2D eigenvalue weighted by molar-refractivity contribution is 7.89. The van der Waals surface area contributed by atoms with Gasteiger partial charge >= 0.3 is 0 Å². The molecule has 1 aromatic carbocycles. The Balaban J connectivity index is 1.82. The Hall–Kier alpha value is -2.27. The lowest BCUT2D eigenvalue weighted by molar-refractivity contribution is 0.369. The Labute approximate surface area is 145 Å². The van der Waals surface area contributed by atoms with Gasteiger partial charge in [-0.05, 0) is 18.2 Å². The lowest BCUT2D eigenvalue weighted by Gasteiger charge is -2.35. The molecular weight excluding hydrogens is 381 g/mol. The molecule has 0 bridgehead atoms. The van der Waals surface area contributed by atoms with Crippen LogP contribution in [0.2, 0.25) is 0 Å². The van der Waals surface area contributed by atoms with Crippen LogP contribution in [0.15, 0.2) is 29.2 Å². The molecule has 5 nitrogen and oxygen atoms in total. The molecule has 0 N–H and O–H groups in total. The van der Waals surface area contributed by atoms with Crippen molar-refractivity contribution in [2.45, 2.75) is 4.90 Å². The van der Waals surface area contributed by atoms with Crippen molar-refractivity contribution in [3.63, 3.8) is 0 Å². The third-order valence-electron chi connectivity index (χ3n) is 3.96. The van der Waals surface area contributed by atoms with Crippen LogP contribution in [-0.4, -0.2) is 43.9 Å². The fourth-order valence-corrected chi connectivity index (χ4v) is 4.14. The standard InChI is InChI=1S/C15H12F5N3O2S/c16-9-2-1-3-10(8-9)26(24,25)23-6-4-22(5-7-23)13-11(17)14(19)21-15(20)12(13)18/h1-3,8H,4-7H2. The molecule has 140 valence electrons. The number of hydrogen-bond acceptors (Lipinski definition) is 4. The Morgan fingerprint density at radius 3 is 2.00 bits per heavy atom.